The van der Waals surface area contributed by atoms with Crippen molar-refractivity contribution in [2.75, 3.05) is 19.4 Å². The molecule has 0 atom stereocenters. The molecule has 0 aromatic heterocycles. The molecule has 0 saturated heterocycles. The van der Waals surface area contributed by atoms with Crippen molar-refractivity contribution in [2.24, 2.45) is 0 Å². The number of rotatable bonds is 8. The average Bonchev–Trinajstić information content (AvgIpc) is 2.39. The van der Waals surface area contributed by atoms with Crippen molar-refractivity contribution in [1.82, 2.24) is 5.32 Å². The van der Waals surface area contributed by atoms with Crippen LogP contribution in [0.25, 0.3) is 0 Å². The average molecular weight is 267 g/mol. The van der Waals surface area contributed by atoms with Crippen molar-refractivity contribution in [3.8, 4) is 0 Å². The first-order chi connectivity index (χ1) is 8.76. The van der Waals surface area contributed by atoms with E-state index in [0.29, 0.717) is 12.4 Å². The van der Waals surface area contributed by atoms with Crippen LogP contribution in [0.4, 0.5) is 0 Å². The van der Waals surface area contributed by atoms with Crippen LogP contribution in [0.1, 0.15) is 25.3 Å². The Balaban J connectivity index is 2.27. The molecule has 1 rings (SSSR count). The number of nitrogens with one attached hydrogen (secondary N) is 1. The Kier molecular flexibility index (Phi) is 7.53. The highest BCUT2D eigenvalue weighted by molar-refractivity contribution is 8.00. The van der Waals surface area contributed by atoms with Gasteiger partial charge in [-0.1, -0.05) is 25.5 Å². The van der Waals surface area contributed by atoms with Gasteiger partial charge < -0.3 is 10.1 Å². The molecule has 3 nitrogen and oxygen atoms in total. The van der Waals surface area contributed by atoms with Crippen LogP contribution in [-0.4, -0.2) is 25.4 Å². The Morgan fingerprint density at radius 3 is 2.67 bits per heavy atom. The number of carbonyl (C=O) groups excluding carboxylic acids is 1. The van der Waals surface area contributed by atoms with Gasteiger partial charge in [-0.3, -0.25) is 4.79 Å². The van der Waals surface area contributed by atoms with Gasteiger partial charge in [-0.15, -0.1) is 11.8 Å². The van der Waals surface area contributed by atoms with Crippen LogP contribution >= 0.6 is 11.8 Å². The van der Waals surface area contributed by atoms with Gasteiger partial charge in [0, 0.05) is 11.4 Å². The van der Waals surface area contributed by atoms with Gasteiger partial charge in [-0.2, -0.15) is 0 Å². The first kappa shape index (κ1) is 15.1. The zero-order valence-electron chi connectivity index (χ0n) is 11.1. The summed E-state index contributed by atoms with van der Waals surface area (Å²) in [5.74, 6) is 0.252. The summed E-state index contributed by atoms with van der Waals surface area (Å²) in [6.07, 6.45) is 1.99. The number of hydrogen-bond acceptors (Lipinski definition) is 4. The lowest BCUT2D eigenvalue weighted by Gasteiger charge is -2.05. The zero-order valence-corrected chi connectivity index (χ0v) is 11.9. The van der Waals surface area contributed by atoms with Crippen LogP contribution in [0, 0.1) is 0 Å². The Labute approximate surface area is 113 Å². The Bertz CT molecular complexity index is 351. The zero-order chi connectivity index (χ0) is 13.2. The minimum atomic E-state index is -0.132. The second-order valence-corrected chi connectivity index (χ2v) is 5.09. The van der Waals surface area contributed by atoms with Crippen molar-refractivity contribution in [2.45, 2.75) is 31.2 Å². The second kappa shape index (κ2) is 9.00. The van der Waals surface area contributed by atoms with Crippen LogP contribution in [0.5, 0.6) is 0 Å². The van der Waals surface area contributed by atoms with Crippen LogP contribution < -0.4 is 5.32 Å². The van der Waals surface area contributed by atoms with E-state index in [1.54, 1.807) is 0 Å². The number of esters is 1. The van der Waals surface area contributed by atoms with Crippen molar-refractivity contribution < 1.29 is 9.53 Å². The third kappa shape index (κ3) is 6.07. The summed E-state index contributed by atoms with van der Waals surface area (Å²) in [6.45, 7) is 3.48. The molecule has 1 aromatic carbocycles. The van der Waals surface area contributed by atoms with Crippen molar-refractivity contribution in [3.63, 3.8) is 0 Å². The molecule has 1 aromatic rings. The summed E-state index contributed by atoms with van der Waals surface area (Å²) >= 11 is 1.52. The number of benzene rings is 1. The van der Waals surface area contributed by atoms with Crippen molar-refractivity contribution in [1.29, 1.82) is 0 Å². The largest absolute Gasteiger partial charge is 0.465 e. The third-order valence-electron chi connectivity index (χ3n) is 2.42. The smallest absolute Gasteiger partial charge is 0.316 e. The monoisotopic (exact) mass is 267 g/mol. The first-order valence-electron chi connectivity index (χ1n) is 6.28. The number of hydrogen-bond donors (Lipinski definition) is 1. The van der Waals surface area contributed by atoms with E-state index in [1.807, 2.05) is 19.2 Å². The standard InChI is InChI=1S/C14H21NO2S/c1-3-4-9-17-14(16)11-18-13-7-5-12(6-8-13)10-15-2/h5-8,15H,3-4,9-11H2,1-2H3. The highest BCUT2D eigenvalue weighted by Gasteiger charge is 2.03. The number of unbranched alkanes of at least 4 members (excludes halogenated alkanes) is 1. The molecule has 0 fully saturated rings. The lowest BCUT2D eigenvalue weighted by Crippen LogP contribution is -2.08. The second-order valence-electron chi connectivity index (χ2n) is 4.04. The lowest BCUT2D eigenvalue weighted by atomic mass is 10.2. The van der Waals surface area contributed by atoms with Crippen molar-refractivity contribution in [3.05, 3.63) is 29.8 Å². The quantitative estimate of drug-likeness (QED) is 0.446. The van der Waals surface area contributed by atoms with E-state index < -0.39 is 0 Å². The van der Waals surface area contributed by atoms with Gasteiger partial charge in [-0.05, 0) is 31.2 Å². The highest BCUT2D eigenvalue weighted by atomic mass is 32.2. The molecule has 0 saturated carbocycles. The number of thioether (sulfide) groups is 1. The van der Waals surface area contributed by atoms with E-state index in [1.165, 1.54) is 17.3 Å². The molecule has 4 heteroatoms. The predicted molar refractivity (Wildman–Crippen MR) is 75.8 cm³/mol. The van der Waals surface area contributed by atoms with Crippen molar-refractivity contribution >= 4 is 17.7 Å². The molecular formula is C14H21NO2S. The normalized spacial score (nSPS) is 10.3. The molecule has 0 bridgehead atoms. The van der Waals surface area contributed by atoms with Crippen LogP contribution in [0.15, 0.2) is 29.2 Å². The maximum Gasteiger partial charge on any atom is 0.316 e. The fourth-order valence-electron chi connectivity index (χ4n) is 1.42. The van der Waals surface area contributed by atoms with Gasteiger partial charge in [0.05, 0.1) is 12.4 Å². The van der Waals surface area contributed by atoms with Crippen LogP contribution in [-0.2, 0) is 16.1 Å². The number of ether oxygens (including phenoxy) is 1. The van der Waals surface area contributed by atoms with E-state index in [-0.39, 0.29) is 5.97 Å². The van der Waals surface area contributed by atoms with Gasteiger partial charge in [0.25, 0.3) is 0 Å². The topological polar surface area (TPSA) is 38.3 Å². The Hall–Kier alpha value is -1.00. The molecule has 0 spiro atoms. The summed E-state index contributed by atoms with van der Waals surface area (Å²) in [5.41, 5.74) is 1.24. The van der Waals surface area contributed by atoms with E-state index in [4.69, 9.17) is 4.74 Å². The van der Waals surface area contributed by atoms with E-state index in [2.05, 4.69) is 24.4 Å². The molecule has 0 aliphatic heterocycles. The molecule has 18 heavy (non-hydrogen) atoms. The fourth-order valence-corrected chi connectivity index (χ4v) is 2.12. The number of carbonyl (C=O) groups is 1. The van der Waals surface area contributed by atoms with Crippen LogP contribution in [0.2, 0.25) is 0 Å². The molecule has 0 aliphatic rings. The highest BCUT2D eigenvalue weighted by Crippen LogP contribution is 2.18. The maximum atomic E-state index is 11.4. The van der Waals surface area contributed by atoms with Gasteiger partial charge >= 0.3 is 5.97 Å². The van der Waals surface area contributed by atoms with E-state index in [9.17, 15) is 4.79 Å². The fraction of sp³-hybridized carbons (Fsp3) is 0.500. The van der Waals surface area contributed by atoms with Crippen LogP contribution in [0.3, 0.4) is 0 Å². The lowest BCUT2D eigenvalue weighted by molar-refractivity contribution is -0.140. The molecule has 0 aliphatic carbocycles. The first-order valence-corrected chi connectivity index (χ1v) is 7.26. The molecule has 100 valence electrons. The van der Waals surface area contributed by atoms with Gasteiger partial charge in [0.2, 0.25) is 0 Å². The third-order valence-corrected chi connectivity index (χ3v) is 3.41. The predicted octanol–water partition coefficient (Wildman–Crippen LogP) is 2.84. The van der Waals surface area contributed by atoms with E-state index in [0.717, 1.165) is 24.3 Å². The van der Waals surface area contributed by atoms with Gasteiger partial charge in [-0.25, -0.2) is 0 Å². The summed E-state index contributed by atoms with van der Waals surface area (Å²) in [4.78, 5) is 12.5. The maximum absolute atomic E-state index is 11.4. The molecular weight excluding hydrogens is 246 g/mol. The molecule has 0 unspecified atom stereocenters. The minimum Gasteiger partial charge on any atom is -0.465 e. The molecule has 0 heterocycles. The summed E-state index contributed by atoms with van der Waals surface area (Å²) in [6, 6.07) is 8.22. The Morgan fingerprint density at radius 1 is 1.33 bits per heavy atom. The molecule has 0 amide bonds. The summed E-state index contributed by atoms with van der Waals surface area (Å²) in [5, 5.41) is 3.10. The van der Waals surface area contributed by atoms with Gasteiger partial charge in [0.15, 0.2) is 0 Å². The molecule has 0 radical (unpaired) electrons. The van der Waals surface area contributed by atoms with E-state index >= 15 is 0 Å². The minimum absolute atomic E-state index is 0.132. The SMILES string of the molecule is CCCCOC(=O)CSc1ccc(CNC)cc1. The molecule has 1 N–H and O–H groups in total. The Morgan fingerprint density at radius 2 is 2.06 bits per heavy atom. The van der Waals surface area contributed by atoms with Gasteiger partial charge in [0.1, 0.15) is 0 Å². The summed E-state index contributed by atoms with van der Waals surface area (Å²) in [7, 11) is 1.93. The summed E-state index contributed by atoms with van der Waals surface area (Å²) < 4.78 is 5.10.